The highest BCUT2D eigenvalue weighted by Crippen LogP contribution is 2.09. The zero-order valence-corrected chi connectivity index (χ0v) is 16.3. The van der Waals surface area contributed by atoms with Crippen LogP contribution in [0.4, 0.5) is 4.79 Å². The minimum absolute atomic E-state index is 0.151. The van der Waals surface area contributed by atoms with Crippen LogP contribution in [-0.4, -0.2) is 65.7 Å². The number of aliphatic hydroxyl groups is 1. The Bertz CT molecular complexity index is 575. The molecule has 0 aliphatic carbocycles. The average molecular weight is 398 g/mol. The van der Waals surface area contributed by atoms with Gasteiger partial charge >= 0.3 is 12.1 Å². The second-order valence-corrected chi connectivity index (χ2v) is 6.09. The minimum Gasteiger partial charge on any atom is -0.480 e. The van der Waals surface area contributed by atoms with E-state index >= 15 is 0 Å². The van der Waals surface area contributed by atoms with Crippen molar-refractivity contribution in [3.8, 4) is 0 Å². The van der Waals surface area contributed by atoms with Gasteiger partial charge in [-0.3, -0.25) is 9.59 Å². The molecule has 1 saturated heterocycles. The monoisotopic (exact) mass is 398 g/mol. The lowest BCUT2D eigenvalue weighted by molar-refractivity contribution is -0.138. The molecule has 2 amide bonds. The number of aliphatic hydroxyl groups excluding tert-OH is 1. The number of benzene rings is 1. The van der Waals surface area contributed by atoms with E-state index in [9.17, 15) is 14.4 Å². The number of carbonyl (C=O) groups is 3. The van der Waals surface area contributed by atoms with Gasteiger partial charge in [0.15, 0.2) is 0 Å². The van der Waals surface area contributed by atoms with Gasteiger partial charge in [0.2, 0.25) is 5.91 Å². The van der Waals surface area contributed by atoms with Crippen LogP contribution < -0.4 is 10.6 Å². The van der Waals surface area contributed by atoms with E-state index in [0.29, 0.717) is 0 Å². The van der Waals surface area contributed by atoms with E-state index in [2.05, 4.69) is 17.6 Å². The molecule has 1 heterocycles. The summed E-state index contributed by atoms with van der Waals surface area (Å²) in [5.41, 5.74) is 0.770. The van der Waals surface area contributed by atoms with Crippen LogP contribution in [0.3, 0.4) is 0 Å². The van der Waals surface area contributed by atoms with E-state index < -0.39 is 30.6 Å². The van der Waals surface area contributed by atoms with Crippen molar-refractivity contribution in [3.05, 3.63) is 35.9 Å². The summed E-state index contributed by atoms with van der Waals surface area (Å²) in [5, 5.41) is 28.9. The normalized spacial score (nSPS) is 15.8. The van der Waals surface area contributed by atoms with Crippen molar-refractivity contribution in [2.45, 2.75) is 32.7 Å². The van der Waals surface area contributed by atoms with Crippen molar-refractivity contribution in [1.29, 1.82) is 0 Å². The number of carbonyl (C=O) groups excluding carboxylic acids is 1. The molecule has 28 heavy (non-hydrogen) atoms. The molecule has 1 aromatic rings. The highest BCUT2D eigenvalue weighted by atomic mass is 16.5. The quantitative estimate of drug-likeness (QED) is 0.482. The van der Waals surface area contributed by atoms with Crippen LogP contribution in [0.25, 0.3) is 0 Å². The van der Waals surface area contributed by atoms with E-state index in [-0.39, 0.29) is 13.0 Å². The molecule has 0 saturated carbocycles. The standard InChI is InChI=1S/C12H14N2O5.C5H10O.C2H6O/c15-10(16)7-13-11(17)9(14-12(18)19)6-8-4-2-1-3-5-8;1-5-2-3-6-4-5;1-2-3/h1-5,9,14H,6-7H2,(H,13,17)(H,15,16)(H,18,19);5H,2-4H2,1H3;3H,2H2,1H3/t9-;5-;/m01./s1. The summed E-state index contributed by atoms with van der Waals surface area (Å²) in [6.07, 6.45) is 0.0740. The van der Waals surface area contributed by atoms with E-state index in [4.69, 9.17) is 20.1 Å². The molecule has 0 aromatic heterocycles. The first-order valence-corrected chi connectivity index (χ1v) is 9.01. The Morgan fingerprint density at radius 2 is 1.82 bits per heavy atom. The SMILES string of the molecule is CCO.C[C@@H]1CCOC1.O=C(O)CNC(=O)[C@H](Cc1ccccc1)NC(=O)O. The Morgan fingerprint density at radius 3 is 2.21 bits per heavy atom. The summed E-state index contributed by atoms with van der Waals surface area (Å²) in [4.78, 5) is 32.7. The summed E-state index contributed by atoms with van der Waals surface area (Å²) < 4.78 is 5.06. The van der Waals surface area contributed by atoms with Gasteiger partial charge in [-0.1, -0.05) is 37.3 Å². The maximum Gasteiger partial charge on any atom is 0.405 e. The summed E-state index contributed by atoms with van der Waals surface area (Å²) in [5.74, 6) is -1.04. The molecule has 1 aliphatic heterocycles. The van der Waals surface area contributed by atoms with Gasteiger partial charge < -0.3 is 30.7 Å². The number of nitrogens with one attached hydrogen (secondary N) is 2. The van der Waals surface area contributed by atoms with Gasteiger partial charge in [0.25, 0.3) is 0 Å². The number of carboxylic acid groups (broad SMARTS) is 2. The van der Waals surface area contributed by atoms with Gasteiger partial charge in [0.1, 0.15) is 12.6 Å². The van der Waals surface area contributed by atoms with Gasteiger partial charge in [-0.15, -0.1) is 0 Å². The third-order valence-electron chi connectivity index (χ3n) is 3.47. The predicted molar refractivity (Wildman–Crippen MR) is 103 cm³/mol. The Kier molecular flexibility index (Phi) is 14.0. The fourth-order valence-corrected chi connectivity index (χ4v) is 2.15. The minimum atomic E-state index is -1.34. The number of hydrogen-bond donors (Lipinski definition) is 5. The van der Waals surface area contributed by atoms with Gasteiger partial charge in [-0.05, 0) is 24.8 Å². The largest absolute Gasteiger partial charge is 0.480 e. The van der Waals surface area contributed by atoms with E-state index in [1.54, 1.807) is 37.3 Å². The van der Waals surface area contributed by atoms with E-state index in [1.165, 1.54) is 6.42 Å². The topological polar surface area (TPSA) is 145 Å². The molecule has 2 atom stereocenters. The summed E-state index contributed by atoms with van der Waals surface area (Å²) in [7, 11) is 0. The third-order valence-corrected chi connectivity index (χ3v) is 3.47. The Morgan fingerprint density at radius 1 is 1.21 bits per heavy atom. The Labute approximate surface area is 164 Å². The van der Waals surface area contributed by atoms with Crippen LogP contribution in [0, 0.1) is 5.92 Å². The zero-order valence-electron chi connectivity index (χ0n) is 16.3. The molecule has 5 N–H and O–H groups in total. The molecule has 1 fully saturated rings. The zero-order chi connectivity index (χ0) is 21.4. The molecule has 0 spiro atoms. The number of aliphatic carboxylic acids is 1. The molecule has 2 rings (SSSR count). The Balaban J connectivity index is 0.000000665. The molecular formula is C19H30N2O7. The molecule has 1 aromatic carbocycles. The number of ether oxygens (including phenoxy) is 1. The van der Waals surface area contributed by atoms with Crippen LogP contribution >= 0.6 is 0 Å². The molecule has 0 radical (unpaired) electrons. The number of hydrogen-bond acceptors (Lipinski definition) is 5. The molecule has 1 aliphatic rings. The molecule has 9 heteroatoms. The molecule has 0 bridgehead atoms. The second-order valence-electron chi connectivity index (χ2n) is 6.09. The fraction of sp³-hybridized carbons (Fsp3) is 0.526. The number of rotatable bonds is 6. The first-order valence-electron chi connectivity index (χ1n) is 9.01. The molecule has 9 nitrogen and oxygen atoms in total. The molecule has 0 unspecified atom stereocenters. The van der Waals surface area contributed by atoms with Crippen LogP contribution in [-0.2, 0) is 20.7 Å². The maximum atomic E-state index is 11.7. The Hall–Kier alpha value is -2.65. The first kappa shape index (κ1) is 25.4. The highest BCUT2D eigenvalue weighted by molar-refractivity contribution is 5.87. The summed E-state index contributed by atoms with van der Waals surface area (Å²) in [6, 6.07) is 7.81. The average Bonchev–Trinajstić information content (AvgIpc) is 3.12. The molecular weight excluding hydrogens is 368 g/mol. The van der Waals surface area contributed by atoms with Crippen molar-refractivity contribution in [3.63, 3.8) is 0 Å². The van der Waals surface area contributed by atoms with Crippen molar-refractivity contribution >= 4 is 18.0 Å². The summed E-state index contributed by atoms with van der Waals surface area (Å²) in [6.45, 7) is 5.57. The van der Waals surface area contributed by atoms with Gasteiger partial charge in [0.05, 0.1) is 0 Å². The maximum absolute atomic E-state index is 11.7. The van der Waals surface area contributed by atoms with Crippen LogP contribution in [0.5, 0.6) is 0 Å². The van der Waals surface area contributed by atoms with Gasteiger partial charge in [-0.2, -0.15) is 0 Å². The van der Waals surface area contributed by atoms with Crippen LogP contribution in [0.2, 0.25) is 0 Å². The lowest BCUT2D eigenvalue weighted by Crippen LogP contribution is -2.48. The first-order chi connectivity index (χ1) is 13.3. The lowest BCUT2D eigenvalue weighted by Gasteiger charge is -2.16. The van der Waals surface area contributed by atoms with Crippen LogP contribution in [0.1, 0.15) is 25.8 Å². The van der Waals surface area contributed by atoms with E-state index in [0.717, 1.165) is 24.7 Å². The second kappa shape index (κ2) is 15.4. The fourth-order valence-electron chi connectivity index (χ4n) is 2.15. The third kappa shape index (κ3) is 13.5. The predicted octanol–water partition coefficient (Wildman–Crippen LogP) is 1.11. The summed E-state index contributed by atoms with van der Waals surface area (Å²) >= 11 is 0. The van der Waals surface area contributed by atoms with Gasteiger partial charge in [0, 0.05) is 26.2 Å². The van der Waals surface area contributed by atoms with Crippen molar-refractivity contribution < 1.29 is 34.4 Å². The van der Waals surface area contributed by atoms with Crippen molar-refractivity contribution in [1.82, 2.24) is 10.6 Å². The smallest absolute Gasteiger partial charge is 0.405 e. The number of amides is 2. The van der Waals surface area contributed by atoms with Crippen LogP contribution in [0.15, 0.2) is 30.3 Å². The van der Waals surface area contributed by atoms with Crippen molar-refractivity contribution in [2.75, 3.05) is 26.4 Å². The van der Waals surface area contributed by atoms with E-state index in [1.807, 2.05) is 0 Å². The van der Waals surface area contributed by atoms with Crippen molar-refractivity contribution in [2.24, 2.45) is 5.92 Å². The molecule has 158 valence electrons. The van der Waals surface area contributed by atoms with Gasteiger partial charge in [-0.25, -0.2) is 4.79 Å². The highest BCUT2D eigenvalue weighted by Gasteiger charge is 2.21. The lowest BCUT2D eigenvalue weighted by atomic mass is 10.1. The number of carboxylic acids is 1.